The Labute approximate surface area is 159 Å². The standard InChI is InChI=1S/C20H26N2O3S/c1-15-3-4-18(16(2)13-15)24-11-7-17-5-9-22(10-6-17)20(23)25-14-19-21-8-12-26-19/h3-4,8,12-13,17H,5-7,9-11,14H2,1-2H3. The molecule has 2 aromatic rings. The van der Waals surface area contributed by atoms with Gasteiger partial charge in [-0.05, 0) is 50.7 Å². The van der Waals surface area contributed by atoms with E-state index in [0.29, 0.717) is 5.92 Å². The SMILES string of the molecule is Cc1ccc(OCCC2CCN(C(=O)OCc3nccs3)CC2)c(C)c1. The van der Waals surface area contributed by atoms with E-state index in [1.807, 2.05) is 11.4 Å². The normalized spacial score (nSPS) is 15.1. The Morgan fingerprint density at radius 2 is 2.12 bits per heavy atom. The highest BCUT2D eigenvalue weighted by Crippen LogP contribution is 2.23. The van der Waals surface area contributed by atoms with Crippen molar-refractivity contribution in [1.29, 1.82) is 0 Å². The van der Waals surface area contributed by atoms with E-state index in [4.69, 9.17) is 9.47 Å². The smallest absolute Gasteiger partial charge is 0.410 e. The number of aromatic nitrogens is 1. The molecule has 0 atom stereocenters. The number of thiazole rings is 1. The minimum absolute atomic E-state index is 0.231. The first-order chi connectivity index (χ1) is 12.6. The molecule has 1 aromatic carbocycles. The van der Waals surface area contributed by atoms with Crippen LogP contribution in [0, 0.1) is 19.8 Å². The molecule has 1 fully saturated rings. The second-order valence-corrected chi connectivity index (χ2v) is 7.80. The monoisotopic (exact) mass is 374 g/mol. The largest absolute Gasteiger partial charge is 0.493 e. The Hall–Kier alpha value is -2.08. The van der Waals surface area contributed by atoms with Gasteiger partial charge < -0.3 is 14.4 Å². The highest BCUT2D eigenvalue weighted by molar-refractivity contribution is 7.09. The number of hydrogen-bond donors (Lipinski definition) is 0. The Balaban J connectivity index is 1.35. The Morgan fingerprint density at radius 3 is 2.81 bits per heavy atom. The summed E-state index contributed by atoms with van der Waals surface area (Å²) in [7, 11) is 0. The predicted octanol–water partition coefficient (Wildman–Crippen LogP) is 4.58. The van der Waals surface area contributed by atoms with E-state index in [0.717, 1.165) is 49.7 Å². The molecule has 5 nitrogen and oxygen atoms in total. The molecule has 1 aromatic heterocycles. The second kappa shape index (κ2) is 9.03. The van der Waals surface area contributed by atoms with Crippen LogP contribution in [0.3, 0.4) is 0 Å². The maximum absolute atomic E-state index is 12.1. The third kappa shape index (κ3) is 5.21. The first-order valence-corrected chi connectivity index (χ1v) is 10.00. The van der Waals surface area contributed by atoms with Crippen molar-refractivity contribution in [1.82, 2.24) is 9.88 Å². The maximum atomic E-state index is 12.1. The zero-order valence-electron chi connectivity index (χ0n) is 15.4. The molecule has 0 N–H and O–H groups in total. The molecular formula is C20H26N2O3S. The van der Waals surface area contributed by atoms with Crippen LogP contribution in [-0.4, -0.2) is 35.7 Å². The van der Waals surface area contributed by atoms with Gasteiger partial charge in [-0.25, -0.2) is 9.78 Å². The van der Waals surface area contributed by atoms with E-state index in [-0.39, 0.29) is 12.7 Å². The van der Waals surface area contributed by atoms with E-state index in [1.165, 1.54) is 22.5 Å². The van der Waals surface area contributed by atoms with Gasteiger partial charge >= 0.3 is 6.09 Å². The van der Waals surface area contributed by atoms with Crippen LogP contribution in [0.15, 0.2) is 29.8 Å². The van der Waals surface area contributed by atoms with Crippen LogP contribution < -0.4 is 4.74 Å². The summed E-state index contributed by atoms with van der Waals surface area (Å²) in [6.45, 7) is 6.67. The van der Waals surface area contributed by atoms with Crippen molar-refractivity contribution in [3.63, 3.8) is 0 Å². The number of likely N-dealkylation sites (tertiary alicyclic amines) is 1. The number of nitrogens with zero attached hydrogens (tertiary/aromatic N) is 2. The minimum atomic E-state index is -0.231. The Bertz CT molecular complexity index is 710. The average molecular weight is 375 g/mol. The molecule has 1 amide bonds. The lowest BCUT2D eigenvalue weighted by atomic mass is 9.94. The molecule has 0 bridgehead atoms. The fourth-order valence-electron chi connectivity index (χ4n) is 3.24. The molecule has 3 rings (SSSR count). The van der Waals surface area contributed by atoms with E-state index in [1.54, 1.807) is 11.1 Å². The molecule has 0 radical (unpaired) electrons. The number of hydrogen-bond acceptors (Lipinski definition) is 5. The van der Waals surface area contributed by atoms with Crippen molar-refractivity contribution >= 4 is 17.4 Å². The van der Waals surface area contributed by atoms with Crippen molar-refractivity contribution in [2.24, 2.45) is 5.92 Å². The number of rotatable bonds is 6. The van der Waals surface area contributed by atoms with Crippen LogP contribution in [0.5, 0.6) is 5.75 Å². The number of carbonyl (C=O) groups excluding carboxylic acids is 1. The van der Waals surface area contributed by atoms with Gasteiger partial charge in [0.1, 0.15) is 17.4 Å². The summed E-state index contributed by atoms with van der Waals surface area (Å²) in [5.74, 6) is 1.57. The molecule has 1 saturated heterocycles. The summed E-state index contributed by atoms with van der Waals surface area (Å²) < 4.78 is 11.3. The lowest BCUT2D eigenvalue weighted by Gasteiger charge is -2.31. The summed E-state index contributed by atoms with van der Waals surface area (Å²) in [6.07, 6.45) is 4.52. The maximum Gasteiger partial charge on any atom is 0.410 e. The molecule has 0 unspecified atom stereocenters. The topological polar surface area (TPSA) is 51.7 Å². The third-order valence-electron chi connectivity index (χ3n) is 4.79. The van der Waals surface area contributed by atoms with Gasteiger partial charge in [-0.3, -0.25) is 0 Å². The highest BCUT2D eigenvalue weighted by atomic mass is 32.1. The molecule has 0 spiro atoms. The molecule has 140 valence electrons. The van der Waals surface area contributed by atoms with E-state index in [2.05, 4.69) is 31.0 Å². The number of benzene rings is 1. The molecule has 26 heavy (non-hydrogen) atoms. The van der Waals surface area contributed by atoms with Gasteiger partial charge in [-0.1, -0.05) is 17.7 Å². The number of piperidine rings is 1. The summed E-state index contributed by atoms with van der Waals surface area (Å²) >= 11 is 1.50. The van der Waals surface area contributed by atoms with Gasteiger partial charge in [0.05, 0.1) is 6.61 Å². The molecule has 6 heteroatoms. The minimum Gasteiger partial charge on any atom is -0.493 e. The van der Waals surface area contributed by atoms with E-state index in [9.17, 15) is 4.79 Å². The van der Waals surface area contributed by atoms with Gasteiger partial charge in [0.2, 0.25) is 0 Å². The van der Waals surface area contributed by atoms with Gasteiger partial charge in [0.25, 0.3) is 0 Å². The predicted molar refractivity (Wildman–Crippen MR) is 103 cm³/mol. The molecule has 1 aliphatic heterocycles. The van der Waals surface area contributed by atoms with Crippen molar-refractivity contribution in [2.45, 2.75) is 39.7 Å². The van der Waals surface area contributed by atoms with Crippen LogP contribution >= 0.6 is 11.3 Å². The van der Waals surface area contributed by atoms with Crippen molar-refractivity contribution in [2.75, 3.05) is 19.7 Å². The van der Waals surface area contributed by atoms with Crippen LogP contribution in [0.1, 0.15) is 35.4 Å². The Morgan fingerprint density at radius 1 is 1.31 bits per heavy atom. The van der Waals surface area contributed by atoms with Gasteiger partial charge in [0.15, 0.2) is 0 Å². The first-order valence-electron chi connectivity index (χ1n) is 9.12. The fourth-order valence-corrected chi connectivity index (χ4v) is 3.77. The summed E-state index contributed by atoms with van der Waals surface area (Å²) in [4.78, 5) is 18.0. The number of carbonyl (C=O) groups is 1. The average Bonchev–Trinajstić information content (AvgIpc) is 3.16. The van der Waals surface area contributed by atoms with Crippen molar-refractivity contribution < 1.29 is 14.3 Å². The second-order valence-electron chi connectivity index (χ2n) is 6.82. The lowest BCUT2D eigenvalue weighted by Crippen LogP contribution is -2.39. The quantitative estimate of drug-likeness (QED) is 0.743. The van der Waals surface area contributed by atoms with Crippen molar-refractivity contribution in [3.05, 3.63) is 45.9 Å². The van der Waals surface area contributed by atoms with Gasteiger partial charge in [0, 0.05) is 24.7 Å². The van der Waals surface area contributed by atoms with Gasteiger partial charge in [-0.2, -0.15) is 0 Å². The fraction of sp³-hybridized carbons (Fsp3) is 0.500. The third-order valence-corrected chi connectivity index (χ3v) is 5.54. The van der Waals surface area contributed by atoms with Crippen LogP contribution in [0.2, 0.25) is 0 Å². The molecule has 2 heterocycles. The number of ether oxygens (including phenoxy) is 2. The zero-order valence-corrected chi connectivity index (χ0v) is 16.3. The summed E-state index contributed by atoms with van der Waals surface area (Å²) in [5.41, 5.74) is 2.44. The van der Waals surface area contributed by atoms with E-state index >= 15 is 0 Å². The molecular weight excluding hydrogens is 348 g/mol. The highest BCUT2D eigenvalue weighted by Gasteiger charge is 2.24. The summed E-state index contributed by atoms with van der Waals surface area (Å²) in [6, 6.07) is 6.27. The van der Waals surface area contributed by atoms with Crippen LogP contribution in [0.4, 0.5) is 4.79 Å². The lowest BCUT2D eigenvalue weighted by molar-refractivity contribution is 0.0799. The van der Waals surface area contributed by atoms with Crippen LogP contribution in [0.25, 0.3) is 0 Å². The van der Waals surface area contributed by atoms with Crippen molar-refractivity contribution in [3.8, 4) is 5.75 Å². The molecule has 1 aliphatic rings. The Kier molecular flexibility index (Phi) is 6.50. The molecule has 0 aliphatic carbocycles. The van der Waals surface area contributed by atoms with E-state index < -0.39 is 0 Å². The molecule has 0 saturated carbocycles. The summed E-state index contributed by atoms with van der Waals surface area (Å²) in [5, 5.41) is 2.71. The van der Waals surface area contributed by atoms with Gasteiger partial charge in [-0.15, -0.1) is 11.3 Å². The number of aryl methyl sites for hydroxylation is 2. The number of amides is 1. The zero-order chi connectivity index (χ0) is 18.4. The van der Waals surface area contributed by atoms with Crippen LogP contribution in [-0.2, 0) is 11.3 Å². The first kappa shape index (κ1) is 18.7.